The molecule has 0 aliphatic carbocycles. The normalized spacial score (nSPS) is 15.2. The first kappa shape index (κ1) is 10.6. The van der Waals surface area contributed by atoms with Crippen LogP contribution in [0.25, 0.3) is 0 Å². The molecule has 0 saturated heterocycles. The number of rotatable bonds is 2. The van der Waals surface area contributed by atoms with Crippen LogP contribution in [0.3, 0.4) is 0 Å². The maximum Gasteiger partial charge on any atom is 0.267 e. The van der Waals surface area contributed by atoms with Crippen molar-refractivity contribution in [1.82, 2.24) is 9.97 Å². The molecule has 0 radical (unpaired) electrons. The van der Waals surface area contributed by atoms with Crippen LogP contribution in [-0.2, 0) is 0 Å². The molecule has 0 atom stereocenters. The molecule has 1 aromatic rings. The van der Waals surface area contributed by atoms with Crippen LogP contribution in [-0.4, -0.2) is 29.0 Å². The van der Waals surface area contributed by atoms with Gasteiger partial charge in [0, 0.05) is 18.8 Å². The highest BCUT2D eigenvalue weighted by Gasteiger charge is 2.13. The van der Waals surface area contributed by atoms with Crippen LogP contribution in [0.2, 0.25) is 0 Å². The van der Waals surface area contributed by atoms with E-state index in [-0.39, 0.29) is 5.69 Å². The maximum absolute atomic E-state index is 11.1. The van der Waals surface area contributed by atoms with Crippen molar-refractivity contribution < 1.29 is 4.79 Å². The first-order valence-corrected chi connectivity index (χ1v) is 5.22. The molecule has 1 aromatic heterocycles. The van der Waals surface area contributed by atoms with E-state index in [9.17, 15) is 4.79 Å². The summed E-state index contributed by atoms with van der Waals surface area (Å²) >= 11 is 0. The summed E-state index contributed by atoms with van der Waals surface area (Å²) in [7, 11) is 0. The summed E-state index contributed by atoms with van der Waals surface area (Å²) in [6.07, 6.45) is 5.17. The van der Waals surface area contributed by atoms with Crippen LogP contribution < -0.4 is 10.6 Å². The Morgan fingerprint density at radius 3 is 2.88 bits per heavy atom. The molecule has 0 bridgehead atoms. The highest BCUT2D eigenvalue weighted by atomic mass is 16.1. The predicted octanol–water partition coefficient (Wildman–Crippen LogP) is 0.650. The van der Waals surface area contributed by atoms with Crippen LogP contribution in [0.4, 0.5) is 5.95 Å². The van der Waals surface area contributed by atoms with Gasteiger partial charge < -0.3 is 10.6 Å². The molecule has 1 aliphatic rings. The van der Waals surface area contributed by atoms with Gasteiger partial charge in [-0.1, -0.05) is 12.2 Å². The predicted molar refractivity (Wildman–Crippen MR) is 61.3 cm³/mol. The van der Waals surface area contributed by atoms with E-state index in [0.717, 1.165) is 25.2 Å². The lowest BCUT2D eigenvalue weighted by atomic mass is 10.2. The molecule has 2 N–H and O–H groups in total. The average Bonchev–Trinajstić information content (AvgIpc) is 2.29. The van der Waals surface area contributed by atoms with Crippen molar-refractivity contribution in [2.45, 2.75) is 13.3 Å². The van der Waals surface area contributed by atoms with Crippen LogP contribution in [0, 0.1) is 6.92 Å². The number of hydrogen-bond acceptors (Lipinski definition) is 4. The summed E-state index contributed by atoms with van der Waals surface area (Å²) < 4.78 is 0. The van der Waals surface area contributed by atoms with Crippen LogP contribution in [0.5, 0.6) is 0 Å². The number of nitrogens with zero attached hydrogens (tertiary/aromatic N) is 3. The quantitative estimate of drug-likeness (QED) is 0.740. The Kier molecular flexibility index (Phi) is 2.85. The zero-order chi connectivity index (χ0) is 11.5. The van der Waals surface area contributed by atoms with Crippen LogP contribution in [0.1, 0.15) is 22.6 Å². The first-order valence-electron chi connectivity index (χ1n) is 5.22. The van der Waals surface area contributed by atoms with Gasteiger partial charge in [0.25, 0.3) is 5.91 Å². The Hall–Kier alpha value is -1.91. The van der Waals surface area contributed by atoms with Gasteiger partial charge in [0.2, 0.25) is 5.95 Å². The largest absolute Gasteiger partial charge is 0.364 e. The summed E-state index contributed by atoms with van der Waals surface area (Å²) in [5.74, 6) is 0.0671. The van der Waals surface area contributed by atoms with Crippen molar-refractivity contribution >= 4 is 11.9 Å². The third-order valence-corrected chi connectivity index (χ3v) is 2.44. The molecule has 0 spiro atoms. The zero-order valence-corrected chi connectivity index (χ0v) is 9.18. The molecule has 0 unspecified atom stereocenters. The molecular weight excluding hydrogens is 204 g/mol. The number of primary amides is 1. The van der Waals surface area contributed by atoms with Crippen molar-refractivity contribution in [1.29, 1.82) is 0 Å². The van der Waals surface area contributed by atoms with Gasteiger partial charge in [0.15, 0.2) is 0 Å². The van der Waals surface area contributed by atoms with E-state index in [4.69, 9.17) is 5.73 Å². The highest BCUT2D eigenvalue weighted by molar-refractivity contribution is 5.91. The second-order valence-electron chi connectivity index (χ2n) is 3.76. The lowest BCUT2D eigenvalue weighted by molar-refractivity contribution is 0.0995. The Balaban J connectivity index is 2.33. The standard InChI is InChI=1S/C11H14N4O/c1-8-7-9(10(12)16)14-11(13-8)15-5-3-2-4-6-15/h2-3,7H,4-6H2,1H3,(H2,12,16). The van der Waals surface area contributed by atoms with Crippen molar-refractivity contribution in [2.24, 2.45) is 5.73 Å². The molecule has 0 saturated carbocycles. The molecule has 0 fully saturated rings. The fourth-order valence-corrected chi connectivity index (χ4v) is 1.64. The number of amides is 1. The van der Waals surface area contributed by atoms with Crippen molar-refractivity contribution in [2.75, 3.05) is 18.0 Å². The fourth-order valence-electron chi connectivity index (χ4n) is 1.64. The topological polar surface area (TPSA) is 72.1 Å². The first-order chi connectivity index (χ1) is 7.66. The molecule has 1 amide bonds. The Labute approximate surface area is 94.0 Å². The van der Waals surface area contributed by atoms with Gasteiger partial charge in [-0.2, -0.15) is 0 Å². The number of anilines is 1. The molecule has 2 heterocycles. The van der Waals surface area contributed by atoms with E-state index >= 15 is 0 Å². The molecule has 84 valence electrons. The number of nitrogens with two attached hydrogens (primary N) is 1. The van der Waals surface area contributed by atoms with E-state index < -0.39 is 5.91 Å². The third-order valence-electron chi connectivity index (χ3n) is 2.44. The van der Waals surface area contributed by atoms with Crippen LogP contribution >= 0.6 is 0 Å². The SMILES string of the molecule is Cc1cc(C(N)=O)nc(N2CC=CCC2)n1. The van der Waals surface area contributed by atoms with Gasteiger partial charge in [0.05, 0.1) is 0 Å². The minimum atomic E-state index is -0.515. The molecule has 5 nitrogen and oxygen atoms in total. The van der Waals surface area contributed by atoms with Gasteiger partial charge in [0.1, 0.15) is 5.69 Å². The smallest absolute Gasteiger partial charge is 0.267 e. The molecule has 2 rings (SSSR count). The van der Waals surface area contributed by atoms with Gasteiger partial charge >= 0.3 is 0 Å². The number of aryl methyl sites for hydroxylation is 1. The van der Waals surface area contributed by atoms with Gasteiger partial charge in [-0.05, 0) is 19.4 Å². The Bertz CT molecular complexity index is 442. The van der Waals surface area contributed by atoms with E-state index in [1.807, 2.05) is 11.8 Å². The number of hydrogen-bond donors (Lipinski definition) is 1. The number of carbonyl (C=O) groups excluding carboxylic acids is 1. The Morgan fingerprint density at radius 2 is 2.25 bits per heavy atom. The summed E-state index contributed by atoms with van der Waals surface area (Å²) in [6, 6.07) is 1.60. The second kappa shape index (κ2) is 4.30. The highest BCUT2D eigenvalue weighted by Crippen LogP contribution is 2.13. The molecular formula is C11H14N4O. The number of aromatic nitrogens is 2. The summed E-state index contributed by atoms with van der Waals surface area (Å²) in [5.41, 5.74) is 6.25. The Morgan fingerprint density at radius 1 is 1.44 bits per heavy atom. The van der Waals surface area contributed by atoms with E-state index in [0.29, 0.717) is 5.95 Å². The summed E-state index contributed by atoms with van der Waals surface area (Å²) in [5, 5.41) is 0. The third kappa shape index (κ3) is 2.18. The monoisotopic (exact) mass is 218 g/mol. The molecule has 5 heteroatoms. The van der Waals surface area contributed by atoms with Crippen molar-refractivity contribution in [3.05, 3.63) is 29.6 Å². The van der Waals surface area contributed by atoms with E-state index in [1.165, 1.54) is 0 Å². The minimum absolute atomic E-state index is 0.275. The summed E-state index contributed by atoms with van der Waals surface area (Å²) in [6.45, 7) is 3.48. The van der Waals surface area contributed by atoms with Gasteiger partial charge in [-0.3, -0.25) is 4.79 Å². The molecule has 1 aliphatic heterocycles. The number of carbonyl (C=O) groups is 1. The lowest BCUT2D eigenvalue weighted by Gasteiger charge is -2.23. The second-order valence-corrected chi connectivity index (χ2v) is 3.76. The fraction of sp³-hybridized carbons (Fsp3) is 0.364. The van der Waals surface area contributed by atoms with Crippen molar-refractivity contribution in [3.8, 4) is 0 Å². The molecule has 16 heavy (non-hydrogen) atoms. The van der Waals surface area contributed by atoms with E-state index in [1.54, 1.807) is 6.07 Å². The van der Waals surface area contributed by atoms with Gasteiger partial charge in [-0.25, -0.2) is 9.97 Å². The lowest BCUT2D eigenvalue weighted by Crippen LogP contribution is -2.29. The van der Waals surface area contributed by atoms with Gasteiger partial charge in [-0.15, -0.1) is 0 Å². The minimum Gasteiger partial charge on any atom is -0.364 e. The van der Waals surface area contributed by atoms with Crippen LogP contribution in [0.15, 0.2) is 18.2 Å². The maximum atomic E-state index is 11.1. The summed E-state index contributed by atoms with van der Waals surface area (Å²) in [4.78, 5) is 21.6. The average molecular weight is 218 g/mol. The van der Waals surface area contributed by atoms with E-state index in [2.05, 4.69) is 22.1 Å². The molecule has 0 aromatic carbocycles. The zero-order valence-electron chi connectivity index (χ0n) is 9.18. The van der Waals surface area contributed by atoms with Crippen molar-refractivity contribution in [3.63, 3.8) is 0 Å².